The van der Waals surface area contributed by atoms with Crippen molar-refractivity contribution in [2.45, 2.75) is 12.8 Å². The summed E-state index contributed by atoms with van der Waals surface area (Å²) < 4.78 is 10.5. The van der Waals surface area contributed by atoms with Crippen LogP contribution in [-0.4, -0.2) is 56.5 Å². The molecule has 8 nitrogen and oxygen atoms in total. The lowest BCUT2D eigenvalue weighted by atomic mass is 10.2. The molecule has 0 atom stereocenters. The van der Waals surface area contributed by atoms with Gasteiger partial charge in [0.1, 0.15) is 0 Å². The van der Waals surface area contributed by atoms with E-state index in [0.717, 1.165) is 24.3 Å². The lowest BCUT2D eigenvalue weighted by molar-refractivity contribution is -0.116. The highest BCUT2D eigenvalue weighted by atomic mass is 16.5. The van der Waals surface area contributed by atoms with E-state index in [9.17, 15) is 4.79 Å². The molecule has 3 rings (SSSR count). The third-order valence-electron chi connectivity index (χ3n) is 4.68. The first kappa shape index (κ1) is 20.4. The van der Waals surface area contributed by atoms with E-state index in [1.54, 1.807) is 32.6 Å². The Hall–Kier alpha value is -3.29. The van der Waals surface area contributed by atoms with Crippen LogP contribution in [0.5, 0.6) is 11.5 Å². The molecule has 0 bridgehead atoms. The average molecular weight is 397 g/mol. The van der Waals surface area contributed by atoms with Gasteiger partial charge in [0.25, 0.3) is 0 Å². The van der Waals surface area contributed by atoms with Crippen LogP contribution in [-0.2, 0) is 4.79 Å². The number of hydrogen-bond donors (Lipinski definition) is 2. The van der Waals surface area contributed by atoms with Crippen LogP contribution in [0.2, 0.25) is 0 Å². The molecule has 8 heteroatoms. The molecule has 1 saturated heterocycles. The number of rotatable bonds is 9. The minimum absolute atomic E-state index is 0.168. The van der Waals surface area contributed by atoms with Gasteiger partial charge in [-0.3, -0.25) is 4.79 Å². The Morgan fingerprint density at radius 2 is 1.93 bits per heavy atom. The van der Waals surface area contributed by atoms with Crippen LogP contribution in [0.3, 0.4) is 0 Å². The van der Waals surface area contributed by atoms with Gasteiger partial charge in [-0.2, -0.15) is 5.10 Å². The molecule has 1 fully saturated rings. The Kier molecular flexibility index (Phi) is 7.27. The lowest BCUT2D eigenvalue weighted by Crippen LogP contribution is -2.27. The molecule has 1 aliphatic rings. The van der Waals surface area contributed by atoms with Gasteiger partial charge >= 0.3 is 0 Å². The first-order valence-corrected chi connectivity index (χ1v) is 9.69. The number of nitrogens with one attached hydrogen (secondary N) is 2. The zero-order valence-corrected chi connectivity index (χ0v) is 16.9. The van der Waals surface area contributed by atoms with Crippen LogP contribution in [0.1, 0.15) is 18.4 Å². The maximum absolute atomic E-state index is 12.0. The Balaban J connectivity index is 1.43. The number of ether oxygens (including phenoxy) is 2. The van der Waals surface area contributed by atoms with Crippen molar-refractivity contribution in [3.05, 3.63) is 42.1 Å². The molecule has 154 valence electrons. The molecule has 0 unspecified atom stereocenters. The molecule has 2 aromatic rings. The maximum atomic E-state index is 12.0. The summed E-state index contributed by atoms with van der Waals surface area (Å²) in [6.45, 7) is 3.17. The number of benzene rings is 1. The molecule has 0 saturated carbocycles. The van der Waals surface area contributed by atoms with E-state index in [0.29, 0.717) is 30.4 Å². The highest BCUT2D eigenvalue weighted by Gasteiger charge is 2.13. The average Bonchev–Trinajstić information content (AvgIpc) is 3.30. The largest absolute Gasteiger partial charge is 0.493 e. The summed E-state index contributed by atoms with van der Waals surface area (Å²) in [7, 11) is 3.17. The van der Waals surface area contributed by atoms with Gasteiger partial charge in [-0.25, -0.2) is 0 Å². The SMILES string of the molecule is COc1ccc(/C=C/C(=O)NCCNc2cc(N3CCCC3)cnn2)cc1OC. The topological polar surface area (TPSA) is 88.6 Å². The van der Waals surface area contributed by atoms with E-state index in [1.807, 2.05) is 18.2 Å². The van der Waals surface area contributed by atoms with Crippen molar-refractivity contribution in [3.8, 4) is 11.5 Å². The Morgan fingerprint density at radius 3 is 2.69 bits per heavy atom. The predicted octanol–water partition coefficient (Wildman–Crippen LogP) is 2.34. The number of methoxy groups -OCH3 is 2. The maximum Gasteiger partial charge on any atom is 0.244 e. The zero-order chi connectivity index (χ0) is 20.5. The molecule has 2 N–H and O–H groups in total. The molecule has 0 radical (unpaired) electrons. The van der Waals surface area contributed by atoms with Crippen molar-refractivity contribution in [3.63, 3.8) is 0 Å². The number of carbonyl (C=O) groups excluding carboxylic acids is 1. The summed E-state index contributed by atoms with van der Waals surface area (Å²) in [6, 6.07) is 7.48. The summed E-state index contributed by atoms with van der Waals surface area (Å²) in [6.07, 6.45) is 7.45. The van der Waals surface area contributed by atoms with Gasteiger partial charge in [0.15, 0.2) is 17.3 Å². The third-order valence-corrected chi connectivity index (χ3v) is 4.68. The molecular weight excluding hydrogens is 370 g/mol. The van der Waals surface area contributed by atoms with Gasteiger partial charge in [0.2, 0.25) is 5.91 Å². The summed E-state index contributed by atoms with van der Waals surface area (Å²) in [5, 5.41) is 14.2. The van der Waals surface area contributed by atoms with E-state index in [4.69, 9.17) is 9.47 Å². The Labute approximate surface area is 170 Å². The van der Waals surface area contributed by atoms with E-state index >= 15 is 0 Å². The van der Waals surface area contributed by atoms with Crippen molar-refractivity contribution in [2.75, 3.05) is 50.6 Å². The number of nitrogens with zero attached hydrogens (tertiary/aromatic N) is 3. The van der Waals surface area contributed by atoms with Crippen molar-refractivity contribution >= 4 is 23.5 Å². The molecular formula is C21H27N5O3. The van der Waals surface area contributed by atoms with E-state index in [1.165, 1.54) is 18.9 Å². The number of anilines is 2. The molecule has 2 heterocycles. The van der Waals surface area contributed by atoms with Crippen molar-refractivity contribution in [2.24, 2.45) is 0 Å². The smallest absolute Gasteiger partial charge is 0.244 e. The standard InChI is InChI=1S/C21H27N5O3/c1-28-18-7-5-16(13-19(18)29-2)6-8-21(27)23-10-9-22-20-14-17(15-24-25-20)26-11-3-4-12-26/h5-8,13-15H,3-4,9-12H2,1-2H3,(H,22,25)(H,23,27)/b8-6+. The van der Waals surface area contributed by atoms with Gasteiger partial charge < -0.3 is 25.0 Å². The summed E-state index contributed by atoms with van der Waals surface area (Å²) in [5.41, 5.74) is 1.94. The second-order valence-corrected chi connectivity index (χ2v) is 6.66. The van der Waals surface area contributed by atoms with Crippen molar-refractivity contribution < 1.29 is 14.3 Å². The molecule has 1 amide bonds. The van der Waals surface area contributed by atoms with Crippen LogP contribution in [0.25, 0.3) is 6.08 Å². The van der Waals surface area contributed by atoms with E-state index in [-0.39, 0.29) is 5.91 Å². The zero-order valence-electron chi connectivity index (χ0n) is 16.9. The van der Waals surface area contributed by atoms with E-state index in [2.05, 4.69) is 25.7 Å². The Morgan fingerprint density at radius 1 is 1.14 bits per heavy atom. The van der Waals surface area contributed by atoms with Gasteiger partial charge in [-0.15, -0.1) is 5.10 Å². The predicted molar refractivity (Wildman–Crippen MR) is 114 cm³/mol. The molecule has 1 aromatic carbocycles. The first-order valence-electron chi connectivity index (χ1n) is 9.69. The second kappa shape index (κ2) is 10.3. The third kappa shape index (κ3) is 5.84. The monoisotopic (exact) mass is 397 g/mol. The first-order chi connectivity index (χ1) is 14.2. The summed E-state index contributed by atoms with van der Waals surface area (Å²) >= 11 is 0. The van der Waals surface area contributed by atoms with Gasteiger partial charge in [0.05, 0.1) is 26.1 Å². The van der Waals surface area contributed by atoms with Crippen LogP contribution in [0.15, 0.2) is 36.5 Å². The number of carbonyl (C=O) groups is 1. The molecule has 29 heavy (non-hydrogen) atoms. The quantitative estimate of drug-likeness (QED) is 0.496. The highest BCUT2D eigenvalue weighted by molar-refractivity contribution is 5.91. The van der Waals surface area contributed by atoms with Crippen molar-refractivity contribution in [1.82, 2.24) is 15.5 Å². The number of hydrogen-bond acceptors (Lipinski definition) is 7. The second-order valence-electron chi connectivity index (χ2n) is 6.66. The summed E-state index contributed by atoms with van der Waals surface area (Å²) in [4.78, 5) is 14.3. The lowest BCUT2D eigenvalue weighted by Gasteiger charge is -2.17. The fourth-order valence-corrected chi connectivity index (χ4v) is 3.15. The fourth-order valence-electron chi connectivity index (χ4n) is 3.15. The fraction of sp³-hybridized carbons (Fsp3) is 0.381. The number of aromatic nitrogens is 2. The highest BCUT2D eigenvalue weighted by Crippen LogP contribution is 2.27. The minimum atomic E-state index is -0.168. The van der Waals surface area contributed by atoms with Crippen LogP contribution in [0, 0.1) is 0 Å². The van der Waals surface area contributed by atoms with Gasteiger partial charge in [-0.05, 0) is 36.6 Å². The van der Waals surface area contributed by atoms with Crippen LogP contribution in [0.4, 0.5) is 11.5 Å². The van der Waals surface area contributed by atoms with E-state index < -0.39 is 0 Å². The molecule has 1 aromatic heterocycles. The minimum Gasteiger partial charge on any atom is -0.493 e. The van der Waals surface area contributed by atoms with Crippen LogP contribution >= 0.6 is 0 Å². The Bertz CT molecular complexity index is 850. The summed E-state index contributed by atoms with van der Waals surface area (Å²) in [5.74, 6) is 1.82. The van der Waals surface area contributed by atoms with Gasteiger partial charge in [0, 0.05) is 38.3 Å². The normalized spacial score (nSPS) is 13.5. The molecule has 0 aliphatic carbocycles. The molecule has 1 aliphatic heterocycles. The van der Waals surface area contributed by atoms with Gasteiger partial charge in [-0.1, -0.05) is 6.07 Å². The molecule has 0 spiro atoms. The van der Waals surface area contributed by atoms with Crippen LogP contribution < -0.4 is 25.0 Å². The number of amides is 1. The van der Waals surface area contributed by atoms with Crippen molar-refractivity contribution in [1.29, 1.82) is 0 Å².